The van der Waals surface area contributed by atoms with E-state index in [9.17, 15) is 4.79 Å². The topological polar surface area (TPSA) is 85.6 Å². The molecule has 0 bridgehead atoms. The van der Waals surface area contributed by atoms with Crippen LogP contribution in [0.2, 0.25) is 0 Å². The Labute approximate surface area is 166 Å². The smallest absolute Gasteiger partial charge is 0.234 e. The number of thioether (sulfide) groups is 1. The normalized spacial score (nSPS) is 10.9. The number of rotatable bonds is 6. The van der Waals surface area contributed by atoms with Crippen molar-refractivity contribution < 1.29 is 4.79 Å². The minimum absolute atomic E-state index is 0.0854. The Morgan fingerprint density at radius 2 is 1.96 bits per heavy atom. The number of benzene rings is 1. The number of pyridine rings is 2. The van der Waals surface area contributed by atoms with E-state index >= 15 is 0 Å². The fourth-order valence-electron chi connectivity index (χ4n) is 2.90. The number of amides is 1. The van der Waals surface area contributed by atoms with E-state index in [2.05, 4.69) is 25.5 Å². The second-order valence-corrected chi connectivity index (χ2v) is 6.95. The van der Waals surface area contributed by atoms with Crippen molar-refractivity contribution in [1.82, 2.24) is 24.7 Å². The zero-order valence-electron chi connectivity index (χ0n) is 15.2. The molecule has 28 heavy (non-hydrogen) atoms. The van der Waals surface area contributed by atoms with E-state index in [0.717, 1.165) is 22.2 Å². The van der Waals surface area contributed by atoms with E-state index in [1.54, 1.807) is 18.6 Å². The van der Waals surface area contributed by atoms with Gasteiger partial charge < -0.3 is 9.88 Å². The summed E-state index contributed by atoms with van der Waals surface area (Å²) in [5.41, 5.74) is 1.54. The Hall–Kier alpha value is -3.26. The van der Waals surface area contributed by atoms with Crippen LogP contribution in [0.15, 0.2) is 66.2 Å². The van der Waals surface area contributed by atoms with Crippen LogP contribution < -0.4 is 5.32 Å². The predicted octanol–water partition coefficient (Wildman–Crippen LogP) is 3.64. The average molecular weight is 390 g/mol. The lowest BCUT2D eigenvalue weighted by molar-refractivity contribution is -0.113. The van der Waals surface area contributed by atoms with Crippen molar-refractivity contribution in [2.45, 2.75) is 18.6 Å². The van der Waals surface area contributed by atoms with Crippen molar-refractivity contribution in [1.29, 1.82) is 0 Å². The number of fused-ring (bicyclic) bond motifs is 1. The molecule has 7 nitrogen and oxygen atoms in total. The first-order chi connectivity index (χ1) is 13.8. The fraction of sp³-hybridized carbons (Fsp3) is 0.150. The number of nitrogens with zero attached hydrogens (tertiary/aromatic N) is 5. The molecule has 1 aromatic carbocycles. The first-order valence-electron chi connectivity index (χ1n) is 8.86. The highest BCUT2D eigenvalue weighted by Gasteiger charge is 2.17. The van der Waals surface area contributed by atoms with Crippen LogP contribution in [0.25, 0.3) is 22.3 Å². The third-order valence-electron chi connectivity index (χ3n) is 4.20. The standard InChI is InChI=1S/C20H18N6OS/c1-2-26-19(18-16-9-10-21-12-14(16)8-11-22-18)24-25-20(26)28-13-17(27)23-15-6-4-3-5-7-15/h3-12H,2,13H2,1H3,(H,23,27). The van der Waals surface area contributed by atoms with Crippen molar-refractivity contribution in [3.63, 3.8) is 0 Å². The second-order valence-electron chi connectivity index (χ2n) is 6.01. The van der Waals surface area contributed by atoms with Crippen LogP contribution in [0.4, 0.5) is 5.69 Å². The van der Waals surface area contributed by atoms with Crippen LogP contribution in [-0.2, 0) is 11.3 Å². The number of nitrogens with one attached hydrogen (secondary N) is 1. The molecule has 1 amide bonds. The lowest BCUT2D eigenvalue weighted by Gasteiger charge is -2.09. The molecule has 8 heteroatoms. The Morgan fingerprint density at radius 1 is 1.11 bits per heavy atom. The van der Waals surface area contributed by atoms with Crippen LogP contribution in [-0.4, -0.2) is 36.4 Å². The van der Waals surface area contributed by atoms with Crippen molar-refractivity contribution in [3.8, 4) is 11.5 Å². The molecule has 3 aromatic heterocycles. The van der Waals surface area contributed by atoms with E-state index in [4.69, 9.17) is 0 Å². The number of carbonyl (C=O) groups excluding carboxylic acids is 1. The summed E-state index contributed by atoms with van der Waals surface area (Å²) in [5, 5.41) is 14.2. The van der Waals surface area contributed by atoms with Gasteiger partial charge in [-0.15, -0.1) is 10.2 Å². The number of carbonyl (C=O) groups is 1. The van der Waals surface area contributed by atoms with E-state index < -0.39 is 0 Å². The van der Waals surface area contributed by atoms with Gasteiger partial charge in [0.15, 0.2) is 11.0 Å². The number of hydrogen-bond donors (Lipinski definition) is 1. The van der Waals surface area contributed by atoms with E-state index in [1.165, 1.54) is 11.8 Å². The largest absolute Gasteiger partial charge is 0.325 e. The SMILES string of the molecule is CCn1c(SCC(=O)Nc2ccccc2)nnc1-c1nccc2cnccc12. The van der Waals surface area contributed by atoms with Gasteiger partial charge >= 0.3 is 0 Å². The fourth-order valence-corrected chi connectivity index (χ4v) is 3.70. The number of para-hydroxylation sites is 1. The summed E-state index contributed by atoms with van der Waals surface area (Å²) in [6.45, 7) is 2.70. The highest BCUT2D eigenvalue weighted by molar-refractivity contribution is 7.99. The maximum Gasteiger partial charge on any atom is 0.234 e. The maximum absolute atomic E-state index is 12.2. The van der Waals surface area contributed by atoms with Gasteiger partial charge in [-0.3, -0.25) is 14.8 Å². The van der Waals surface area contributed by atoms with Crippen LogP contribution in [0.3, 0.4) is 0 Å². The molecule has 0 unspecified atom stereocenters. The minimum Gasteiger partial charge on any atom is -0.325 e. The molecule has 0 aliphatic heterocycles. The molecule has 4 aromatic rings. The summed E-state index contributed by atoms with van der Waals surface area (Å²) in [6.07, 6.45) is 5.29. The summed E-state index contributed by atoms with van der Waals surface area (Å²) in [7, 11) is 0. The van der Waals surface area contributed by atoms with Crippen LogP contribution in [0.1, 0.15) is 6.92 Å². The van der Waals surface area contributed by atoms with Crippen LogP contribution in [0, 0.1) is 0 Å². The third kappa shape index (κ3) is 3.72. The van der Waals surface area contributed by atoms with Gasteiger partial charge in [-0.2, -0.15) is 0 Å². The summed E-state index contributed by atoms with van der Waals surface area (Å²) in [5.74, 6) is 0.850. The quantitative estimate of drug-likeness (QED) is 0.506. The van der Waals surface area contributed by atoms with Gasteiger partial charge in [0, 0.05) is 41.6 Å². The summed E-state index contributed by atoms with van der Waals surface area (Å²) in [4.78, 5) is 20.9. The first-order valence-corrected chi connectivity index (χ1v) is 9.85. The van der Waals surface area contributed by atoms with E-state index in [0.29, 0.717) is 17.5 Å². The molecule has 0 aliphatic carbocycles. The monoisotopic (exact) mass is 390 g/mol. The molecule has 1 N–H and O–H groups in total. The number of hydrogen-bond acceptors (Lipinski definition) is 6. The van der Waals surface area contributed by atoms with E-state index in [-0.39, 0.29) is 11.7 Å². The van der Waals surface area contributed by atoms with Crippen molar-refractivity contribution >= 4 is 34.1 Å². The van der Waals surface area contributed by atoms with Crippen LogP contribution in [0.5, 0.6) is 0 Å². The molecule has 3 heterocycles. The summed E-state index contributed by atoms with van der Waals surface area (Å²) in [6, 6.07) is 13.2. The van der Waals surface area contributed by atoms with Gasteiger partial charge in [-0.1, -0.05) is 30.0 Å². The lowest BCUT2D eigenvalue weighted by Crippen LogP contribution is -2.14. The molecule has 0 spiro atoms. The molecule has 0 atom stereocenters. The Bertz CT molecular complexity index is 1110. The molecule has 140 valence electrons. The Kier molecular flexibility index (Phi) is 5.29. The van der Waals surface area contributed by atoms with Gasteiger partial charge in [0.25, 0.3) is 0 Å². The van der Waals surface area contributed by atoms with Crippen molar-refractivity contribution in [3.05, 3.63) is 61.1 Å². The van der Waals surface area contributed by atoms with Gasteiger partial charge in [0.1, 0.15) is 5.69 Å². The minimum atomic E-state index is -0.0854. The van der Waals surface area contributed by atoms with Gasteiger partial charge in [0.05, 0.1) is 5.75 Å². The highest BCUT2D eigenvalue weighted by Crippen LogP contribution is 2.27. The molecule has 4 rings (SSSR count). The molecular formula is C20H18N6OS. The zero-order valence-corrected chi connectivity index (χ0v) is 16.1. The Balaban J connectivity index is 1.55. The van der Waals surface area contributed by atoms with Crippen molar-refractivity contribution in [2.24, 2.45) is 0 Å². The molecule has 0 radical (unpaired) electrons. The predicted molar refractivity (Wildman–Crippen MR) is 110 cm³/mol. The van der Waals surface area contributed by atoms with Gasteiger partial charge in [-0.25, -0.2) is 0 Å². The van der Waals surface area contributed by atoms with Gasteiger partial charge in [0.2, 0.25) is 5.91 Å². The van der Waals surface area contributed by atoms with Crippen molar-refractivity contribution in [2.75, 3.05) is 11.1 Å². The molecule has 0 aliphatic rings. The molecular weight excluding hydrogens is 372 g/mol. The first kappa shape index (κ1) is 18.1. The molecule has 0 saturated heterocycles. The average Bonchev–Trinajstić information content (AvgIpc) is 3.15. The zero-order chi connectivity index (χ0) is 19.3. The van der Waals surface area contributed by atoms with Gasteiger partial charge in [-0.05, 0) is 31.2 Å². The second kappa shape index (κ2) is 8.18. The summed E-state index contributed by atoms with van der Waals surface area (Å²) < 4.78 is 1.97. The number of anilines is 1. The van der Waals surface area contributed by atoms with E-state index in [1.807, 2.05) is 54.0 Å². The summed E-state index contributed by atoms with van der Waals surface area (Å²) >= 11 is 1.36. The lowest BCUT2D eigenvalue weighted by atomic mass is 10.1. The van der Waals surface area contributed by atoms with Crippen LogP contribution >= 0.6 is 11.8 Å². The Morgan fingerprint density at radius 3 is 2.79 bits per heavy atom. The molecule has 0 fully saturated rings. The third-order valence-corrected chi connectivity index (χ3v) is 5.17. The number of aromatic nitrogens is 5. The maximum atomic E-state index is 12.2. The highest BCUT2D eigenvalue weighted by atomic mass is 32.2. The molecule has 0 saturated carbocycles.